The highest BCUT2D eigenvalue weighted by molar-refractivity contribution is 6.36. The van der Waals surface area contributed by atoms with Gasteiger partial charge in [0.25, 0.3) is 0 Å². The molecule has 136 valence electrons. The summed E-state index contributed by atoms with van der Waals surface area (Å²) in [5.41, 5.74) is 2.16. The van der Waals surface area contributed by atoms with E-state index in [0.717, 1.165) is 48.2 Å². The van der Waals surface area contributed by atoms with E-state index < -0.39 is 0 Å². The van der Waals surface area contributed by atoms with Crippen LogP contribution in [0.5, 0.6) is 0 Å². The van der Waals surface area contributed by atoms with Crippen LogP contribution in [0.1, 0.15) is 32.5 Å². The summed E-state index contributed by atoms with van der Waals surface area (Å²) in [7, 11) is 0. The molecule has 3 aromatic rings. The van der Waals surface area contributed by atoms with Crippen molar-refractivity contribution in [3.63, 3.8) is 0 Å². The number of fused-ring (bicyclic) bond motifs is 1. The number of aryl methyl sites for hydroxylation is 1. The third kappa shape index (κ3) is 3.74. The summed E-state index contributed by atoms with van der Waals surface area (Å²) in [4.78, 5) is 11.6. The molecule has 0 saturated heterocycles. The number of aromatic nitrogens is 4. The first-order valence-electron chi connectivity index (χ1n) is 8.75. The second kappa shape index (κ2) is 8.14. The average molecular weight is 390 g/mol. The van der Waals surface area contributed by atoms with Crippen LogP contribution in [-0.4, -0.2) is 33.3 Å². The van der Waals surface area contributed by atoms with Gasteiger partial charge in [-0.3, -0.25) is 0 Å². The molecule has 7 heteroatoms. The molecule has 0 bridgehead atoms. The van der Waals surface area contributed by atoms with E-state index in [9.17, 15) is 0 Å². The predicted octanol–water partition coefficient (Wildman–Crippen LogP) is 5.33. The zero-order chi connectivity index (χ0) is 18.7. The number of anilines is 1. The zero-order valence-electron chi connectivity index (χ0n) is 15.1. The molecule has 0 N–H and O–H groups in total. The van der Waals surface area contributed by atoms with Crippen molar-refractivity contribution in [2.24, 2.45) is 0 Å². The lowest BCUT2D eigenvalue weighted by Gasteiger charge is -2.24. The molecule has 0 aliphatic rings. The smallest absolute Gasteiger partial charge is 0.141 e. The van der Waals surface area contributed by atoms with Crippen LogP contribution in [0.3, 0.4) is 0 Å². The molecule has 0 amide bonds. The fourth-order valence-electron chi connectivity index (χ4n) is 3.02. The van der Waals surface area contributed by atoms with Crippen LogP contribution in [0.25, 0.3) is 22.2 Å². The Bertz CT molecular complexity index is 923. The fraction of sp³-hybridized carbons (Fsp3) is 0.368. The van der Waals surface area contributed by atoms with E-state index in [1.165, 1.54) is 0 Å². The molecular weight excluding hydrogens is 369 g/mol. The summed E-state index contributed by atoms with van der Waals surface area (Å²) in [5.74, 6) is 1.60. The number of hydrogen-bond donors (Lipinski definition) is 0. The maximum absolute atomic E-state index is 6.40. The molecule has 0 fully saturated rings. The minimum absolute atomic E-state index is 0.524. The van der Waals surface area contributed by atoms with Crippen LogP contribution < -0.4 is 4.90 Å². The van der Waals surface area contributed by atoms with Gasteiger partial charge in [0.05, 0.1) is 16.6 Å². The van der Waals surface area contributed by atoms with Crippen molar-refractivity contribution in [1.29, 1.82) is 0 Å². The van der Waals surface area contributed by atoms with Crippen LogP contribution in [0.2, 0.25) is 10.0 Å². The average Bonchev–Trinajstić information content (AvgIpc) is 2.61. The lowest BCUT2D eigenvalue weighted by atomic mass is 10.1. The monoisotopic (exact) mass is 389 g/mol. The van der Waals surface area contributed by atoms with Gasteiger partial charge < -0.3 is 4.90 Å². The normalized spacial score (nSPS) is 11.1. The Morgan fingerprint density at radius 1 is 1.04 bits per heavy atom. The highest BCUT2D eigenvalue weighted by atomic mass is 35.5. The van der Waals surface area contributed by atoms with Crippen LogP contribution in [0, 0.1) is 6.92 Å². The minimum Gasteiger partial charge on any atom is -0.356 e. The molecule has 0 aliphatic heterocycles. The van der Waals surface area contributed by atoms with Crippen LogP contribution in [-0.2, 0) is 0 Å². The summed E-state index contributed by atoms with van der Waals surface area (Å²) in [6.07, 6.45) is 3.81. The molecule has 2 heterocycles. The van der Waals surface area contributed by atoms with Gasteiger partial charge in [-0.15, -0.1) is 5.10 Å². The molecule has 0 saturated carbocycles. The van der Waals surface area contributed by atoms with E-state index in [1.807, 2.05) is 13.0 Å². The SMILES string of the molecule is CCCN(CCC)c1nc(C)nc2c(-c3ccc(Cl)cc3Cl)nncc12. The van der Waals surface area contributed by atoms with E-state index in [2.05, 4.69) is 33.9 Å². The summed E-state index contributed by atoms with van der Waals surface area (Å²) < 4.78 is 0. The number of rotatable bonds is 6. The van der Waals surface area contributed by atoms with Gasteiger partial charge in [-0.25, -0.2) is 9.97 Å². The van der Waals surface area contributed by atoms with Gasteiger partial charge in [-0.1, -0.05) is 37.0 Å². The predicted molar refractivity (Wildman–Crippen MR) is 108 cm³/mol. The molecule has 0 spiro atoms. The standard InChI is InChI=1S/C19H21Cl2N5/c1-4-8-26(9-5-2)19-15-11-22-25-18(17(15)23-12(3)24-19)14-7-6-13(20)10-16(14)21/h6-7,10-11H,4-5,8-9H2,1-3H3. The van der Waals surface area contributed by atoms with E-state index in [-0.39, 0.29) is 0 Å². The molecule has 0 atom stereocenters. The number of halogens is 2. The topological polar surface area (TPSA) is 54.8 Å². The molecule has 0 radical (unpaired) electrons. The highest BCUT2D eigenvalue weighted by Gasteiger charge is 2.18. The van der Waals surface area contributed by atoms with E-state index in [1.54, 1.807) is 18.3 Å². The van der Waals surface area contributed by atoms with Crippen molar-refractivity contribution in [3.8, 4) is 11.3 Å². The van der Waals surface area contributed by atoms with Crippen molar-refractivity contribution in [2.45, 2.75) is 33.6 Å². The molecule has 0 unspecified atom stereocenters. The fourth-order valence-corrected chi connectivity index (χ4v) is 3.52. The molecule has 26 heavy (non-hydrogen) atoms. The summed E-state index contributed by atoms with van der Waals surface area (Å²) >= 11 is 12.4. The van der Waals surface area contributed by atoms with Gasteiger partial charge in [0.15, 0.2) is 0 Å². The van der Waals surface area contributed by atoms with Gasteiger partial charge in [-0.05, 0) is 38.0 Å². The van der Waals surface area contributed by atoms with Crippen molar-refractivity contribution >= 4 is 39.9 Å². The third-order valence-corrected chi connectivity index (χ3v) is 4.63. The van der Waals surface area contributed by atoms with Gasteiger partial charge in [-0.2, -0.15) is 5.10 Å². The maximum Gasteiger partial charge on any atom is 0.141 e. The molecular formula is C19H21Cl2N5. The molecule has 0 aliphatic carbocycles. The van der Waals surface area contributed by atoms with Crippen molar-refractivity contribution in [3.05, 3.63) is 40.3 Å². The first kappa shape index (κ1) is 18.8. The van der Waals surface area contributed by atoms with Gasteiger partial charge in [0.1, 0.15) is 22.9 Å². The number of benzene rings is 1. The Labute approximate surface area is 163 Å². The van der Waals surface area contributed by atoms with Gasteiger partial charge in [0, 0.05) is 23.7 Å². The van der Waals surface area contributed by atoms with E-state index >= 15 is 0 Å². The summed E-state index contributed by atoms with van der Waals surface area (Å²) in [6.45, 7) is 8.08. The van der Waals surface area contributed by atoms with Gasteiger partial charge in [0.2, 0.25) is 0 Å². The zero-order valence-corrected chi connectivity index (χ0v) is 16.6. The lowest BCUT2D eigenvalue weighted by molar-refractivity contribution is 0.734. The molecule has 2 aromatic heterocycles. The number of hydrogen-bond acceptors (Lipinski definition) is 5. The quantitative estimate of drug-likeness (QED) is 0.570. The lowest BCUT2D eigenvalue weighted by Crippen LogP contribution is -2.26. The Morgan fingerprint density at radius 2 is 1.77 bits per heavy atom. The van der Waals surface area contributed by atoms with Crippen molar-refractivity contribution in [1.82, 2.24) is 20.2 Å². The first-order valence-corrected chi connectivity index (χ1v) is 9.51. The van der Waals surface area contributed by atoms with Crippen molar-refractivity contribution in [2.75, 3.05) is 18.0 Å². The first-order chi connectivity index (χ1) is 12.5. The van der Waals surface area contributed by atoms with E-state index in [4.69, 9.17) is 28.2 Å². The van der Waals surface area contributed by atoms with Crippen LogP contribution in [0.4, 0.5) is 5.82 Å². The molecule has 3 rings (SSSR count). The Kier molecular flexibility index (Phi) is 5.89. The van der Waals surface area contributed by atoms with Crippen LogP contribution in [0.15, 0.2) is 24.4 Å². The van der Waals surface area contributed by atoms with E-state index in [0.29, 0.717) is 21.6 Å². The van der Waals surface area contributed by atoms with Gasteiger partial charge >= 0.3 is 0 Å². The Balaban J connectivity index is 2.25. The summed E-state index contributed by atoms with van der Waals surface area (Å²) in [5, 5.41) is 10.5. The Morgan fingerprint density at radius 3 is 2.42 bits per heavy atom. The Hall–Kier alpha value is -1.98. The molecule has 1 aromatic carbocycles. The second-order valence-electron chi connectivity index (χ2n) is 6.16. The minimum atomic E-state index is 0.524. The second-order valence-corrected chi connectivity index (χ2v) is 7.00. The van der Waals surface area contributed by atoms with Crippen LogP contribution >= 0.6 is 23.2 Å². The summed E-state index contributed by atoms with van der Waals surface area (Å²) in [6, 6.07) is 5.34. The largest absolute Gasteiger partial charge is 0.356 e. The maximum atomic E-state index is 6.40. The third-order valence-electron chi connectivity index (χ3n) is 4.08. The van der Waals surface area contributed by atoms with Crippen molar-refractivity contribution < 1.29 is 0 Å². The molecule has 5 nitrogen and oxygen atoms in total. The number of nitrogens with zero attached hydrogens (tertiary/aromatic N) is 5. The highest BCUT2D eigenvalue weighted by Crippen LogP contribution is 2.34.